The number of amides is 1. The number of nitrogens with one attached hydrogen (secondary N) is 2. The molecule has 0 saturated carbocycles. The molecule has 112 valence electrons. The molecule has 1 heterocycles. The lowest BCUT2D eigenvalue weighted by molar-refractivity contribution is 0.0953. The van der Waals surface area contributed by atoms with Crippen LogP contribution in [-0.2, 0) is 0 Å². The van der Waals surface area contributed by atoms with E-state index >= 15 is 0 Å². The highest BCUT2D eigenvalue weighted by atomic mass is 16.1. The van der Waals surface area contributed by atoms with E-state index in [4.69, 9.17) is 0 Å². The smallest absolute Gasteiger partial charge is 0.254 e. The van der Waals surface area contributed by atoms with Gasteiger partial charge in [-0.05, 0) is 46.0 Å². The van der Waals surface area contributed by atoms with Crippen molar-refractivity contribution < 1.29 is 4.79 Å². The minimum atomic E-state index is -0.0541. The van der Waals surface area contributed by atoms with Crippen molar-refractivity contribution in [2.75, 3.05) is 39.0 Å². The SMILES string of the molecule is CCCNc1ccncc1C(=O)NCCCCN(C)C. The number of aromatic nitrogens is 1. The first-order chi connectivity index (χ1) is 9.65. The van der Waals surface area contributed by atoms with Crippen LogP contribution in [0.4, 0.5) is 5.69 Å². The van der Waals surface area contributed by atoms with Gasteiger partial charge in [-0.2, -0.15) is 0 Å². The van der Waals surface area contributed by atoms with E-state index in [9.17, 15) is 4.79 Å². The fraction of sp³-hybridized carbons (Fsp3) is 0.600. The predicted molar refractivity (Wildman–Crippen MR) is 83.1 cm³/mol. The first-order valence-electron chi connectivity index (χ1n) is 7.26. The van der Waals surface area contributed by atoms with Gasteiger partial charge in [-0.15, -0.1) is 0 Å². The Bertz CT molecular complexity index is 407. The van der Waals surface area contributed by atoms with Crippen molar-refractivity contribution >= 4 is 11.6 Å². The Morgan fingerprint density at radius 2 is 2.10 bits per heavy atom. The monoisotopic (exact) mass is 278 g/mol. The zero-order valence-corrected chi connectivity index (χ0v) is 12.8. The second-order valence-electron chi connectivity index (χ2n) is 5.11. The molecule has 0 aliphatic carbocycles. The van der Waals surface area contributed by atoms with E-state index in [1.165, 1.54) is 0 Å². The van der Waals surface area contributed by atoms with E-state index < -0.39 is 0 Å². The summed E-state index contributed by atoms with van der Waals surface area (Å²) in [6.07, 6.45) is 6.41. The molecule has 0 bridgehead atoms. The maximum atomic E-state index is 12.1. The van der Waals surface area contributed by atoms with Crippen LogP contribution in [0, 0.1) is 0 Å². The minimum absolute atomic E-state index is 0.0541. The van der Waals surface area contributed by atoms with Gasteiger partial charge in [0.15, 0.2) is 0 Å². The molecule has 0 atom stereocenters. The van der Waals surface area contributed by atoms with Gasteiger partial charge in [0.2, 0.25) is 0 Å². The third kappa shape index (κ3) is 6.02. The van der Waals surface area contributed by atoms with Gasteiger partial charge >= 0.3 is 0 Å². The highest BCUT2D eigenvalue weighted by Crippen LogP contribution is 2.13. The number of rotatable bonds is 9. The Morgan fingerprint density at radius 1 is 1.30 bits per heavy atom. The van der Waals surface area contributed by atoms with Crippen LogP contribution in [0.15, 0.2) is 18.5 Å². The van der Waals surface area contributed by atoms with Crippen LogP contribution in [0.25, 0.3) is 0 Å². The second-order valence-corrected chi connectivity index (χ2v) is 5.11. The Hall–Kier alpha value is -1.62. The highest BCUT2D eigenvalue weighted by molar-refractivity contribution is 5.99. The van der Waals surface area contributed by atoms with E-state index in [1.54, 1.807) is 12.4 Å². The second kappa shape index (κ2) is 9.31. The minimum Gasteiger partial charge on any atom is -0.384 e. The largest absolute Gasteiger partial charge is 0.384 e. The first-order valence-corrected chi connectivity index (χ1v) is 7.26. The topological polar surface area (TPSA) is 57.3 Å². The molecule has 2 N–H and O–H groups in total. The summed E-state index contributed by atoms with van der Waals surface area (Å²) in [6.45, 7) is 4.70. The summed E-state index contributed by atoms with van der Waals surface area (Å²) in [5.41, 5.74) is 1.47. The van der Waals surface area contributed by atoms with Crippen LogP contribution in [-0.4, -0.2) is 49.5 Å². The number of nitrogens with zero attached hydrogens (tertiary/aromatic N) is 2. The summed E-state index contributed by atoms with van der Waals surface area (Å²) >= 11 is 0. The Morgan fingerprint density at radius 3 is 2.80 bits per heavy atom. The number of hydrogen-bond donors (Lipinski definition) is 2. The molecular weight excluding hydrogens is 252 g/mol. The third-order valence-electron chi connectivity index (χ3n) is 2.95. The zero-order chi connectivity index (χ0) is 14.8. The summed E-state index contributed by atoms with van der Waals surface area (Å²) < 4.78 is 0. The Labute approximate surface area is 121 Å². The number of carbonyl (C=O) groups is 1. The van der Waals surface area contributed by atoms with Crippen LogP contribution in [0.1, 0.15) is 36.5 Å². The maximum Gasteiger partial charge on any atom is 0.254 e. The van der Waals surface area contributed by atoms with Crippen molar-refractivity contribution in [1.29, 1.82) is 0 Å². The van der Waals surface area contributed by atoms with Crippen molar-refractivity contribution in [1.82, 2.24) is 15.2 Å². The van der Waals surface area contributed by atoms with E-state index in [0.29, 0.717) is 12.1 Å². The van der Waals surface area contributed by atoms with Crippen LogP contribution in [0.2, 0.25) is 0 Å². The molecule has 0 aromatic carbocycles. The molecule has 0 fully saturated rings. The van der Waals surface area contributed by atoms with Gasteiger partial charge in [0.25, 0.3) is 5.91 Å². The Balaban J connectivity index is 2.42. The lowest BCUT2D eigenvalue weighted by Gasteiger charge is -2.12. The van der Waals surface area contributed by atoms with E-state index in [-0.39, 0.29) is 5.91 Å². The zero-order valence-electron chi connectivity index (χ0n) is 12.8. The van der Waals surface area contributed by atoms with E-state index in [0.717, 1.165) is 38.0 Å². The van der Waals surface area contributed by atoms with Gasteiger partial charge in [0.05, 0.1) is 11.3 Å². The molecule has 20 heavy (non-hydrogen) atoms. The molecule has 1 aromatic heterocycles. The molecule has 0 aliphatic heterocycles. The van der Waals surface area contributed by atoms with Crippen molar-refractivity contribution in [3.8, 4) is 0 Å². The van der Waals surface area contributed by atoms with Crippen molar-refractivity contribution in [3.63, 3.8) is 0 Å². The maximum absolute atomic E-state index is 12.1. The molecule has 1 rings (SSSR count). The van der Waals surface area contributed by atoms with Crippen LogP contribution in [0.5, 0.6) is 0 Å². The fourth-order valence-corrected chi connectivity index (χ4v) is 1.84. The quantitative estimate of drug-likeness (QED) is 0.678. The summed E-state index contributed by atoms with van der Waals surface area (Å²) in [7, 11) is 4.11. The standard InChI is InChI=1S/C15H26N4O/c1-4-8-17-14-7-10-16-12-13(14)15(20)18-9-5-6-11-19(2)3/h7,10,12H,4-6,8-9,11H2,1-3H3,(H,16,17)(H,18,20). The van der Waals surface area contributed by atoms with Crippen LogP contribution >= 0.6 is 0 Å². The van der Waals surface area contributed by atoms with Gasteiger partial charge in [-0.3, -0.25) is 9.78 Å². The molecular formula is C15H26N4O. The molecule has 0 radical (unpaired) electrons. The predicted octanol–water partition coefficient (Wildman–Crippen LogP) is 1.98. The van der Waals surface area contributed by atoms with Crippen molar-refractivity contribution in [2.45, 2.75) is 26.2 Å². The third-order valence-corrected chi connectivity index (χ3v) is 2.95. The van der Waals surface area contributed by atoms with Gasteiger partial charge in [0.1, 0.15) is 0 Å². The number of hydrogen-bond acceptors (Lipinski definition) is 4. The van der Waals surface area contributed by atoms with Gasteiger partial charge in [0, 0.05) is 25.5 Å². The molecule has 0 spiro atoms. The molecule has 0 saturated heterocycles. The molecule has 1 amide bonds. The lowest BCUT2D eigenvalue weighted by atomic mass is 10.2. The number of carbonyl (C=O) groups excluding carboxylic acids is 1. The van der Waals surface area contributed by atoms with Crippen LogP contribution < -0.4 is 10.6 Å². The number of pyridine rings is 1. The fourth-order valence-electron chi connectivity index (χ4n) is 1.84. The molecule has 5 nitrogen and oxygen atoms in total. The molecule has 1 aromatic rings. The summed E-state index contributed by atoms with van der Waals surface area (Å²) in [5.74, 6) is -0.0541. The molecule has 0 aliphatic rings. The normalized spacial score (nSPS) is 10.6. The molecule has 5 heteroatoms. The summed E-state index contributed by atoms with van der Waals surface area (Å²) in [5, 5.41) is 6.20. The van der Waals surface area contributed by atoms with Crippen molar-refractivity contribution in [2.24, 2.45) is 0 Å². The summed E-state index contributed by atoms with van der Waals surface area (Å²) in [6, 6.07) is 1.84. The van der Waals surface area contributed by atoms with E-state index in [2.05, 4.69) is 41.5 Å². The van der Waals surface area contributed by atoms with Crippen LogP contribution in [0.3, 0.4) is 0 Å². The Kier molecular flexibility index (Phi) is 7.65. The number of anilines is 1. The average Bonchev–Trinajstić information content (AvgIpc) is 2.44. The molecule has 0 unspecified atom stereocenters. The highest BCUT2D eigenvalue weighted by Gasteiger charge is 2.10. The van der Waals surface area contributed by atoms with Gasteiger partial charge in [-0.1, -0.05) is 6.92 Å². The lowest BCUT2D eigenvalue weighted by Crippen LogP contribution is -2.26. The summed E-state index contributed by atoms with van der Waals surface area (Å²) in [4.78, 5) is 18.3. The van der Waals surface area contributed by atoms with Crippen molar-refractivity contribution in [3.05, 3.63) is 24.0 Å². The van der Waals surface area contributed by atoms with Gasteiger partial charge in [-0.25, -0.2) is 0 Å². The van der Waals surface area contributed by atoms with E-state index in [1.807, 2.05) is 6.07 Å². The van der Waals surface area contributed by atoms with Gasteiger partial charge < -0.3 is 15.5 Å². The number of unbranched alkanes of at least 4 members (excludes halogenated alkanes) is 1. The first kappa shape index (κ1) is 16.4. The average molecular weight is 278 g/mol.